The summed E-state index contributed by atoms with van der Waals surface area (Å²) in [6, 6.07) is 1.80. The zero-order valence-corrected chi connectivity index (χ0v) is 11.5. The highest BCUT2D eigenvalue weighted by Gasteiger charge is 2.25. The van der Waals surface area contributed by atoms with Crippen LogP contribution in [0.2, 0.25) is 0 Å². The highest BCUT2D eigenvalue weighted by atomic mass is 32.1. The largest absolute Gasteiger partial charge is 0.394 e. The Bertz CT molecular complexity index is 595. The van der Waals surface area contributed by atoms with E-state index in [2.05, 4.69) is 15.3 Å². The molecule has 0 fully saturated rings. The van der Waals surface area contributed by atoms with Crippen LogP contribution in [-0.4, -0.2) is 38.9 Å². The van der Waals surface area contributed by atoms with Crippen LogP contribution in [0.15, 0.2) is 16.2 Å². The van der Waals surface area contributed by atoms with E-state index >= 15 is 0 Å². The molecule has 7 heteroatoms. The average Bonchev–Trinajstić information content (AvgIpc) is 2.90. The normalized spacial score (nSPS) is 12.2. The van der Waals surface area contributed by atoms with Crippen LogP contribution in [0.3, 0.4) is 0 Å². The number of H-pyrrole nitrogens is 1. The van der Waals surface area contributed by atoms with Gasteiger partial charge in [-0.25, -0.2) is 4.98 Å². The van der Waals surface area contributed by atoms with Gasteiger partial charge in [-0.2, -0.15) is 0 Å². The first-order valence-corrected chi connectivity index (χ1v) is 6.95. The topological polar surface area (TPSA) is 98.2 Å². The zero-order chi connectivity index (χ0) is 13.9. The van der Waals surface area contributed by atoms with Gasteiger partial charge in [0.1, 0.15) is 10.5 Å². The first kappa shape index (κ1) is 14.1. The molecule has 104 valence electrons. The molecule has 0 atom stereocenters. The number of aromatic amines is 1. The van der Waals surface area contributed by atoms with Gasteiger partial charge in [0.2, 0.25) is 0 Å². The minimum absolute atomic E-state index is 0.160. The number of nitrogens with one attached hydrogen (secondary N) is 2. The van der Waals surface area contributed by atoms with Crippen molar-refractivity contribution in [2.75, 3.05) is 13.2 Å². The van der Waals surface area contributed by atoms with Gasteiger partial charge in [-0.05, 0) is 17.9 Å². The zero-order valence-electron chi connectivity index (χ0n) is 10.6. The maximum Gasteiger partial charge on any atom is 0.268 e. The van der Waals surface area contributed by atoms with Gasteiger partial charge in [0.05, 0.1) is 30.8 Å². The predicted octanol–water partition coefficient (Wildman–Crippen LogP) is 0.208. The molecular weight excluding hydrogens is 266 g/mol. The maximum absolute atomic E-state index is 11.8. The van der Waals surface area contributed by atoms with Crippen molar-refractivity contribution in [3.8, 4) is 0 Å². The fourth-order valence-corrected chi connectivity index (χ4v) is 2.51. The predicted molar refractivity (Wildman–Crippen MR) is 74.3 cm³/mol. The van der Waals surface area contributed by atoms with Gasteiger partial charge in [0.25, 0.3) is 5.56 Å². The molecule has 0 radical (unpaired) electrons. The van der Waals surface area contributed by atoms with Crippen LogP contribution in [0.4, 0.5) is 0 Å². The Morgan fingerprint density at radius 1 is 1.47 bits per heavy atom. The molecule has 0 saturated heterocycles. The second-order valence-corrected chi connectivity index (χ2v) is 5.37. The number of aliphatic hydroxyl groups excluding tert-OH is 2. The molecule has 2 heterocycles. The first-order valence-electron chi connectivity index (χ1n) is 6.07. The molecule has 0 saturated carbocycles. The van der Waals surface area contributed by atoms with E-state index in [0.717, 1.165) is 0 Å². The maximum atomic E-state index is 11.8. The lowest BCUT2D eigenvalue weighted by Crippen LogP contribution is -2.51. The molecule has 4 N–H and O–H groups in total. The van der Waals surface area contributed by atoms with Crippen LogP contribution < -0.4 is 10.9 Å². The summed E-state index contributed by atoms with van der Waals surface area (Å²) in [6.45, 7) is 1.81. The molecule has 0 amide bonds. The van der Waals surface area contributed by atoms with Crippen molar-refractivity contribution in [3.05, 3.63) is 27.6 Å². The van der Waals surface area contributed by atoms with Crippen molar-refractivity contribution in [1.82, 2.24) is 15.3 Å². The van der Waals surface area contributed by atoms with Crippen molar-refractivity contribution in [2.24, 2.45) is 0 Å². The fourth-order valence-electron chi connectivity index (χ4n) is 1.79. The van der Waals surface area contributed by atoms with Crippen molar-refractivity contribution in [3.63, 3.8) is 0 Å². The third-order valence-corrected chi connectivity index (χ3v) is 4.18. The number of thiophene rings is 1. The van der Waals surface area contributed by atoms with Gasteiger partial charge in [-0.3, -0.25) is 4.79 Å². The number of aromatic nitrogens is 2. The minimum Gasteiger partial charge on any atom is -0.394 e. The van der Waals surface area contributed by atoms with E-state index in [1.807, 2.05) is 12.3 Å². The Balaban J connectivity index is 2.19. The van der Waals surface area contributed by atoms with Gasteiger partial charge < -0.3 is 20.5 Å². The van der Waals surface area contributed by atoms with E-state index in [-0.39, 0.29) is 25.3 Å². The van der Waals surface area contributed by atoms with Crippen LogP contribution >= 0.6 is 11.3 Å². The minimum atomic E-state index is -0.748. The Hall–Kier alpha value is -1.28. The third-order valence-electron chi connectivity index (χ3n) is 3.28. The van der Waals surface area contributed by atoms with Gasteiger partial charge in [-0.1, -0.05) is 6.92 Å². The van der Waals surface area contributed by atoms with Crippen molar-refractivity contribution in [1.29, 1.82) is 0 Å². The molecule has 19 heavy (non-hydrogen) atoms. The molecule has 0 aromatic carbocycles. The third kappa shape index (κ3) is 2.84. The molecule has 0 aliphatic heterocycles. The van der Waals surface area contributed by atoms with E-state index in [0.29, 0.717) is 22.5 Å². The summed E-state index contributed by atoms with van der Waals surface area (Å²) in [4.78, 5) is 18.8. The number of hydrogen-bond acceptors (Lipinski definition) is 6. The van der Waals surface area contributed by atoms with Crippen LogP contribution in [0.25, 0.3) is 10.2 Å². The summed E-state index contributed by atoms with van der Waals surface area (Å²) in [7, 11) is 0. The van der Waals surface area contributed by atoms with Gasteiger partial charge in [0.15, 0.2) is 0 Å². The smallest absolute Gasteiger partial charge is 0.268 e. The van der Waals surface area contributed by atoms with Crippen LogP contribution in [0.1, 0.15) is 19.2 Å². The average molecular weight is 283 g/mol. The Morgan fingerprint density at radius 2 is 2.21 bits per heavy atom. The molecule has 2 rings (SSSR count). The van der Waals surface area contributed by atoms with Crippen molar-refractivity contribution < 1.29 is 10.2 Å². The molecule has 0 bridgehead atoms. The van der Waals surface area contributed by atoms with E-state index in [4.69, 9.17) is 0 Å². The van der Waals surface area contributed by atoms with E-state index in [1.165, 1.54) is 11.3 Å². The molecule has 0 aliphatic carbocycles. The number of hydrogen-bond donors (Lipinski definition) is 4. The van der Waals surface area contributed by atoms with E-state index in [1.54, 1.807) is 6.07 Å². The second-order valence-electron chi connectivity index (χ2n) is 4.45. The number of aliphatic hydroxyl groups is 2. The van der Waals surface area contributed by atoms with E-state index in [9.17, 15) is 15.0 Å². The van der Waals surface area contributed by atoms with Crippen LogP contribution in [-0.2, 0) is 6.54 Å². The quantitative estimate of drug-likeness (QED) is 0.607. The SMILES string of the molecule is CCC(CO)(CO)NCc1nc2ccsc2c(=O)[nH]1. The van der Waals surface area contributed by atoms with Crippen LogP contribution in [0, 0.1) is 0 Å². The summed E-state index contributed by atoms with van der Waals surface area (Å²) in [5.74, 6) is 0.496. The number of rotatable bonds is 6. The summed E-state index contributed by atoms with van der Waals surface area (Å²) in [6.07, 6.45) is 0.574. The van der Waals surface area contributed by atoms with Gasteiger partial charge in [-0.15, -0.1) is 11.3 Å². The summed E-state index contributed by atoms with van der Waals surface area (Å²) in [5.41, 5.74) is -0.241. The fraction of sp³-hybridized carbons (Fsp3) is 0.500. The molecule has 0 unspecified atom stereocenters. The number of nitrogens with zero attached hydrogens (tertiary/aromatic N) is 1. The standard InChI is InChI=1S/C12H17N3O3S/c1-2-12(6-16,7-17)13-5-9-14-8-3-4-19-10(8)11(18)15-9/h3-4,13,16-17H,2,5-7H2,1H3,(H,14,15,18). The molecule has 2 aromatic rings. The molecule has 2 aromatic heterocycles. The van der Waals surface area contributed by atoms with Crippen molar-refractivity contribution in [2.45, 2.75) is 25.4 Å². The second kappa shape index (κ2) is 5.79. The highest BCUT2D eigenvalue weighted by Crippen LogP contribution is 2.14. The van der Waals surface area contributed by atoms with Crippen LogP contribution in [0.5, 0.6) is 0 Å². The molecule has 0 aliphatic rings. The Kier molecular flexibility index (Phi) is 4.31. The lowest BCUT2D eigenvalue weighted by Gasteiger charge is -2.29. The van der Waals surface area contributed by atoms with E-state index < -0.39 is 5.54 Å². The summed E-state index contributed by atoms with van der Waals surface area (Å²) in [5, 5.41) is 23.5. The first-order chi connectivity index (χ1) is 9.14. The summed E-state index contributed by atoms with van der Waals surface area (Å²) >= 11 is 1.35. The Labute approximate surface area is 114 Å². The molecule has 0 spiro atoms. The number of fused-ring (bicyclic) bond motifs is 1. The van der Waals surface area contributed by atoms with Gasteiger partial charge >= 0.3 is 0 Å². The Morgan fingerprint density at radius 3 is 2.84 bits per heavy atom. The molecule has 6 nitrogen and oxygen atoms in total. The van der Waals surface area contributed by atoms with Gasteiger partial charge in [0, 0.05) is 0 Å². The summed E-state index contributed by atoms with van der Waals surface area (Å²) < 4.78 is 0.606. The lowest BCUT2D eigenvalue weighted by atomic mass is 9.98. The molecular formula is C12H17N3O3S. The monoisotopic (exact) mass is 283 g/mol. The highest BCUT2D eigenvalue weighted by molar-refractivity contribution is 7.17. The lowest BCUT2D eigenvalue weighted by molar-refractivity contribution is 0.0858. The van der Waals surface area contributed by atoms with Crippen molar-refractivity contribution >= 4 is 21.6 Å².